The molecule has 0 aliphatic carbocycles. The summed E-state index contributed by atoms with van der Waals surface area (Å²) in [5.41, 5.74) is 0.754. The molecule has 2 rings (SSSR count). The van der Waals surface area contributed by atoms with Crippen LogP contribution in [0, 0.1) is 0 Å². The largest absolute Gasteiger partial charge is 0.444 e. The van der Waals surface area contributed by atoms with Crippen LogP contribution in [-0.4, -0.2) is 39.2 Å². The Balaban J connectivity index is 2.01. The summed E-state index contributed by atoms with van der Waals surface area (Å²) in [6, 6.07) is 0. The Morgan fingerprint density at radius 3 is 2.79 bits per heavy atom. The molecule has 1 aromatic heterocycles. The Morgan fingerprint density at radius 1 is 1.47 bits per heavy atom. The maximum atomic E-state index is 12.1. The number of imidazole rings is 1. The van der Waals surface area contributed by atoms with Gasteiger partial charge in [0.1, 0.15) is 5.60 Å². The van der Waals surface area contributed by atoms with Crippen molar-refractivity contribution in [2.45, 2.75) is 45.1 Å². The molecule has 1 unspecified atom stereocenters. The third kappa shape index (κ3) is 3.49. The van der Waals surface area contributed by atoms with Crippen molar-refractivity contribution in [3.8, 4) is 0 Å². The van der Waals surface area contributed by atoms with E-state index in [1.807, 2.05) is 49.8 Å². The van der Waals surface area contributed by atoms with Gasteiger partial charge in [-0.05, 0) is 33.6 Å². The standard InChI is InChI=1S/C14H23N3O2/c1-14(2,3)19-13(18)17-7-5-6-11(9-17)12-8-15-10-16(12)4/h8,10-11H,5-7,9H2,1-4H3. The first-order valence-corrected chi connectivity index (χ1v) is 6.81. The second kappa shape index (κ2) is 5.23. The number of ether oxygens (including phenoxy) is 1. The molecule has 1 fully saturated rings. The van der Waals surface area contributed by atoms with Gasteiger partial charge in [-0.25, -0.2) is 9.78 Å². The predicted molar refractivity (Wildman–Crippen MR) is 73.0 cm³/mol. The van der Waals surface area contributed by atoms with Gasteiger partial charge in [0.25, 0.3) is 0 Å². The number of aryl methyl sites for hydroxylation is 1. The van der Waals surface area contributed by atoms with Crippen LogP contribution in [0.3, 0.4) is 0 Å². The number of likely N-dealkylation sites (tertiary alicyclic amines) is 1. The van der Waals surface area contributed by atoms with Crippen molar-refractivity contribution in [2.24, 2.45) is 7.05 Å². The molecule has 1 aliphatic rings. The summed E-state index contributed by atoms with van der Waals surface area (Å²) >= 11 is 0. The summed E-state index contributed by atoms with van der Waals surface area (Å²) < 4.78 is 7.47. The molecule has 2 heterocycles. The molecule has 0 aromatic carbocycles. The quantitative estimate of drug-likeness (QED) is 0.784. The molecule has 0 saturated carbocycles. The molecule has 1 aromatic rings. The Kier molecular flexibility index (Phi) is 3.83. The monoisotopic (exact) mass is 265 g/mol. The van der Waals surface area contributed by atoms with E-state index in [2.05, 4.69) is 4.98 Å². The van der Waals surface area contributed by atoms with Crippen LogP contribution in [0.4, 0.5) is 4.79 Å². The van der Waals surface area contributed by atoms with Gasteiger partial charge in [-0.1, -0.05) is 0 Å². The van der Waals surface area contributed by atoms with Crippen LogP contribution in [0.1, 0.15) is 45.2 Å². The normalized spacial score (nSPS) is 20.4. The van der Waals surface area contributed by atoms with Crippen molar-refractivity contribution < 1.29 is 9.53 Å². The number of carbonyl (C=O) groups excluding carboxylic acids is 1. The van der Waals surface area contributed by atoms with Crippen molar-refractivity contribution in [3.63, 3.8) is 0 Å². The average Bonchev–Trinajstić information content (AvgIpc) is 2.73. The third-order valence-electron chi connectivity index (χ3n) is 3.35. The minimum Gasteiger partial charge on any atom is -0.444 e. The molecule has 106 valence electrons. The lowest BCUT2D eigenvalue weighted by Crippen LogP contribution is -2.42. The van der Waals surface area contributed by atoms with Crippen LogP contribution in [0.5, 0.6) is 0 Å². The van der Waals surface area contributed by atoms with Gasteiger partial charge < -0.3 is 14.2 Å². The fourth-order valence-corrected chi connectivity index (χ4v) is 2.47. The van der Waals surface area contributed by atoms with Crippen LogP contribution < -0.4 is 0 Å². The number of rotatable bonds is 1. The predicted octanol–water partition coefficient (Wildman–Crippen LogP) is 2.53. The highest BCUT2D eigenvalue weighted by Crippen LogP contribution is 2.27. The summed E-state index contributed by atoms with van der Waals surface area (Å²) in [6.07, 6.45) is 5.60. The number of hydrogen-bond donors (Lipinski definition) is 0. The minimum atomic E-state index is -0.434. The first kappa shape index (κ1) is 13.9. The first-order chi connectivity index (χ1) is 8.87. The van der Waals surface area contributed by atoms with E-state index in [-0.39, 0.29) is 6.09 Å². The van der Waals surface area contributed by atoms with E-state index in [1.54, 1.807) is 0 Å². The van der Waals surface area contributed by atoms with Crippen LogP contribution in [0.2, 0.25) is 0 Å². The zero-order valence-corrected chi connectivity index (χ0v) is 12.2. The van der Waals surface area contributed by atoms with Crippen LogP contribution in [0.25, 0.3) is 0 Å². The Bertz CT molecular complexity index is 448. The Hall–Kier alpha value is -1.52. The zero-order valence-electron chi connectivity index (χ0n) is 12.2. The Morgan fingerprint density at radius 2 is 2.21 bits per heavy atom. The smallest absolute Gasteiger partial charge is 0.410 e. The molecule has 1 atom stereocenters. The summed E-state index contributed by atoms with van der Waals surface area (Å²) in [4.78, 5) is 18.1. The lowest BCUT2D eigenvalue weighted by molar-refractivity contribution is 0.0196. The highest BCUT2D eigenvalue weighted by atomic mass is 16.6. The fraction of sp³-hybridized carbons (Fsp3) is 0.714. The molecule has 19 heavy (non-hydrogen) atoms. The molecule has 5 nitrogen and oxygen atoms in total. The van der Waals surface area contributed by atoms with Crippen LogP contribution in [0.15, 0.2) is 12.5 Å². The van der Waals surface area contributed by atoms with Gasteiger partial charge in [0.15, 0.2) is 0 Å². The van der Waals surface area contributed by atoms with Crippen molar-refractivity contribution in [3.05, 3.63) is 18.2 Å². The van der Waals surface area contributed by atoms with E-state index < -0.39 is 5.60 Å². The first-order valence-electron chi connectivity index (χ1n) is 6.81. The van der Waals surface area contributed by atoms with Gasteiger partial charge in [-0.2, -0.15) is 0 Å². The SMILES string of the molecule is Cn1cncc1C1CCCN(C(=O)OC(C)(C)C)C1. The molecule has 0 bridgehead atoms. The molecule has 1 aliphatic heterocycles. The molecule has 0 radical (unpaired) electrons. The molecule has 0 spiro atoms. The number of aromatic nitrogens is 2. The maximum absolute atomic E-state index is 12.1. The summed E-state index contributed by atoms with van der Waals surface area (Å²) in [5.74, 6) is 0.355. The van der Waals surface area contributed by atoms with E-state index >= 15 is 0 Å². The third-order valence-corrected chi connectivity index (χ3v) is 3.35. The highest BCUT2D eigenvalue weighted by molar-refractivity contribution is 5.68. The van der Waals surface area contributed by atoms with Gasteiger partial charge in [0.2, 0.25) is 0 Å². The van der Waals surface area contributed by atoms with Gasteiger partial charge in [0, 0.05) is 37.9 Å². The van der Waals surface area contributed by atoms with E-state index in [0.717, 1.165) is 19.4 Å². The van der Waals surface area contributed by atoms with E-state index in [9.17, 15) is 4.79 Å². The highest BCUT2D eigenvalue weighted by Gasteiger charge is 2.29. The average molecular weight is 265 g/mol. The van der Waals surface area contributed by atoms with Gasteiger partial charge in [0.05, 0.1) is 6.33 Å². The fourth-order valence-electron chi connectivity index (χ4n) is 2.47. The molecular formula is C14H23N3O2. The number of piperidine rings is 1. The molecule has 1 amide bonds. The summed E-state index contributed by atoms with van der Waals surface area (Å²) in [7, 11) is 1.99. The topological polar surface area (TPSA) is 47.4 Å². The number of amides is 1. The molecule has 5 heteroatoms. The molecule has 0 N–H and O–H groups in total. The van der Waals surface area contributed by atoms with Crippen molar-refractivity contribution in [1.29, 1.82) is 0 Å². The van der Waals surface area contributed by atoms with Crippen molar-refractivity contribution >= 4 is 6.09 Å². The van der Waals surface area contributed by atoms with Crippen molar-refractivity contribution in [2.75, 3.05) is 13.1 Å². The number of hydrogen-bond acceptors (Lipinski definition) is 3. The number of carbonyl (C=O) groups is 1. The van der Waals surface area contributed by atoms with E-state index in [0.29, 0.717) is 12.5 Å². The number of nitrogens with zero attached hydrogens (tertiary/aromatic N) is 3. The lowest BCUT2D eigenvalue weighted by Gasteiger charge is -2.34. The Labute approximate surface area is 114 Å². The summed E-state index contributed by atoms with van der Waals surface area (Å²) in [6.45, 7) is 7.19. The minimum absolute atomic E-state index is 0.209. The van der Waals surface area contributed by atoms with E-state index in [1.165, 1.54) is 5.69 Å². The van der Waals surface area contributed by atoms with Gasteiger partial charge in [-0.3, -0.25) is 0 Å². The molecular weight excluding hydrogens is 242 g/mol. The second-order valence-corrected chi connectivity index (χ2v) is 6.19. The van der Waals surface area contributed by atoms with Gasteiger partial charge in [-0.15, -0.1) is 0 Å². The van der Waals surface area contributed by atoms with Gasteiger partial charge >= 0.3 is 6.09 Å². The molecule has 1 saturated heterocycles. The van der Waals surface area contributed by atoms with Crippen LogP contribution in [-0.2, 0) is 11.8 Å². The summed E-state index contributed by atoms with van der Waals surface area (Å²) in [5, 5.41) is 0. The maximum Gasteiger partial charge on any atom is 0.410 e. The van der Waals surface area contributed by atoms with Crippen LogP contribution >= 0.6 is 0 Å². The van der Waals surface area contributed by atoms with E-state index in [4.69, 9.17) is 4.74 Å². The second-order valence-electron chi connectivity index (χ2n) is 6.19. The zero-order chi connectivity index (χ0) is 14.0. The lowest BCUT2D eigenvalue weighted by atomic mass is 9.95. The van der Waals surface area contributed by atoms with Crippen molar-refractivity contribution in [1.82, 2.24) is 14.5 Å².